The number of aryl methyl sites for hydroxylation is 1. The Morgan fingerprint density at radius 2 is 1.90 bits per heavy atom. The first-order chi connectivity index (χ1) is 9.16. The molecule has 0 spiro atoms. The Labute approximate surface area is 153 Å². The molecule has 1 unspecified atom stereocenters. The quantitative estimate of drug-likeness (QED) is 0.515. The molecule has 1 aromatic rings. The van der Waals surface area contributed by atoms with Gasteiger partial charge in [0.2, 0.25) is 0 Å². The summed E-state index contributed by atoms with van der Waals surface area (Å²) < 4.78 is 7.73. The van der Waals surface area contributed by atoms with Crippen molar-refractivity contribution in [2.45, 2.75) is 25.9 Å². The fraction of sp³-hybridized carbons (Fsp3) is 0.250. The molecule has 0 radical (unpaired) electrons. The fourth-order valence-electron chi connectivity index (χ4n) is 2.66. The van der Waals surface area contributed by atoms with Crippen molar-refractivity contribution in [1.82, 2.24) is 0 Å². The largest absolute Gasteiger partial charge is 1.00 e. The monoisotopic (exact) mass is 414 g/mol. The van der Waals surface area contributed by atoms with Gasteiger partial charge in [0, 0.05) is 0 Å². The Balaban J connectivity index is 0.00000110. The van der Waals surface area contributed by atoms with Crippen molar-refractivity contribution in [3.63, 3.8) is 0 Å². The normalized spacial score (nSPS) is 17.8. The van der Waals surface area contributed by atoms with Crippen molar-refractivity contribution >= 4 is 12.3 Å². The standard InChI is InChI=1S/C14H11.C2H7OSi.2ClH.Zr/c1-10-6-7-14-12(8-10)9-11-4-2-3-5-13(11)14;1-4(2)3;;;/h2-8,13H,1H3;4H,1-2H3;2*1H;/q;-1;;;+3/p-2. The third-order valence-corrected chi connectivity index (χ3v) is 10.3. The number of allylic oxidation sites excluding steroid dienone is 5. The van der Waals surface area contributed by atoms with E-state index in [4.69, 9.17) is 2.50 Å². The molecule has 1 atom stereocenters. The van der Waals surface area contributed by atoms with E-state index in [-0.39, 0.29) is 24.8 Å². The van der Waals surface area contributed by atoms with Gasteiger partial charge in [0.1, 0.15) is 0 Å². The maximum Gasteiger partial charge on any atom is -1.00 e. The Kier molecular flexibility index (Phi) is 7.36. The predicted molar refractivity (Wildman–Crippen MR) is 79.1 cm³/mol. The molecule has 110 valence electrons. The van der Waals surface area contributed by atoms with Gasteiger partial charge in [-0.1, -0.05) is 0 Å². The van der Waals surface area contributed by atoms with Gasteiger partial charge in [-0.25, -0.2) is 0 Å². The van der Waals surface area contributed by atoms with Gasteiger partial charge in [0.25, 0.3) is 0 Å². The van der Waals surface area contributed by atoms with Crippen LogP contribution < -0.4 is 24.8 Å². The summed E-state index contributed by atoms with van der Waals surface area (Å²) in [7, 11) is -0.904. The Morgan fingerprint density at radius 3 is 2.62 bits per heavy atom. The molecular formula is C16H18Cl2OSiZr. The first-order valence-electron chi connectivity index (χ1n) is 6.78. The minimum Gasteiger partial charge on any atom is -1.00 e. The topological polar surface area (TPSA) is 9.23 Å². The van der Waals surface area contributed by atoms with Crippen LogP contribution in [0.1, 0.15) is 22.6 Å². The van der Waals surface area contributed by atoms with Crippen molar-refractivity contribution in [2.24, 2.45) is 0 Å². The summed E-state index contributed by atoms with van der Waals surface area (Å²) in [6.07, 6.45) is 8.95. The molecule has 0 N–H and O–H groups in total. The summed E-state index contributed by atoms with van der Waals surface area (Å²) in [6.45, 7) is 6.72. The van der Waals surface area contributed by atoms with Crippen LogP contribution in [-0.4, -0.2) is 9.04 Å². The van der Waals surface area contributed by atoms with Crippen LogP contribution in [0.5, 0.6) is 0 Å². The Bertz CT molecular complexity index is 608. The summed E-state index contributed by atoms with van der Waals surface area (Å²) in [5.41, 5.74) is 5.80. The number of rotatable bonds is 3. The number of benzene rings is 1. The summed E-state index contributed by atoms with van der Waals surface area (Å²) in [6, 6.07) is 6.89. The van der Waals surface area contributed by atoms with E-state index in [0.29, 0.717) is 5.92 Å². The summed E-state index contributed by atoms with van der Waals surface area (Å²) in [5.74, 6) is 0.480. The van der Waals surface area contributed by atoms with E-state index in [2.05, 4.69) is 62.5 Å². The molecule has 5 heteroatoms. The van der Waals surface area contributed by atoms with Crippen molar-refractivity contribution < 1.29 is 51.0 Å². The number of halogens is 2. The zero-order valence-electron chi connectivity index (χ0n) is 12.4. The first-order valence-corrected chi connectivity index (χ1v) is 11.8. The molecule has 0 bridgehead atoms. The Hall–Kier alpha value is 0.0800. The fourth-order valence-corrected chi connectivity index (χ4v) is 7.30. The van der Waals surface area contributed by atoms with Crippen LogP contribution in [0.3, 0.4) is 0 Å². The van der Waals surface area contributed by atoms with Crippen LogP contribution in [-0.2, 0) is 26.2 Å². The Morgan fingerprint density at radius 1 is 1.14 bits per heavy atom. The van der Waals surface area contributed by atoms with E-state index in [1.807, 2.05) is 0 Å². The van der Waals surface area contributed by atoms with Crippen molar-refractivity contribution in [3.8, 4) is 0 Å². The van der Waals surface area contributed by atoms with Crippen LogP contribution in [0.2, 0.25) is 13.1 Å². The predicted octanol–water partition coefficient (Wildman–Crippen LogP) is -2.07. The van der Waals surface area contributed by atoms with Crippen molar-refractivity contribution in [2.75, 3.05) is 0 Å². The van der Waals surface area contributed by atoms with Crippen LogP contribution in [0.4, 0.5) is 0 Å². The average molecular weight is 417 g/mol. The van der Waals surface area contributed by atoms with Crippen molar-refractivity contribution in [3.05, 3.63) is 64.8 Å². The number of fused-ring (bicyclic) bond motifs is 3. The minimum absolute atomic E-state index is 0. The molecule has 2 aliphatic rings. The van der Waals surface area contributed by atoms with Crippen LogP contribution in [0.25, 0.3) is 3.28 Å². The summed E-state index contributed by atoms with van der Waals surface area (Å²) in [4.78, 5) is 0. The molecule has 1 aromatic carbocycles. The van der Waals surface area contributed by atoms with Gasteiger partial charge in [0.05, 0.1) is 0 Å². The second kappa shape index (κ2) is 8.08. The maximum atomic E-state index is 6.16. The molecule has 21 heavy (non-hydrogen) atoms. The third kappa shape index (κ3) is 3.89. The zero-order valence-corrected chi connectivity index (χ0v) is 17.5. The molecule has 3 rings (SSSR count). The second-order valence-electron chi connectivity index (χ2n) is 5.41. The van der Waals surface area contributed by atoms with Gasteiger partial charge >= 0.3 is 129 Å². The molecule has 0 amide bonds. The molecular weight excluding hydrogens is 398 g/mol. The van der Waals surface area contributed by atoms with Gasteiger partial charge in [-0.15, -0.1) is 0 Å². The molecule has 0 fully saturated rings. The zero-order chi connectivity index (χ0) is 13.4. The smallest absolute Gasteiger partial charge is 1.00 e. The first kappa shape index (κ1) is 19.1. The third-order valence-electron chi connectivity index (χ3n) is 3.52. The number of hydrogen-bond acceptors (Lipinski definition) is 1. The SMILES string of the molecule is Cc1ccc2c(c1)[C]([Zr+2][O][SiH](C)C)=C1C=CC=CC12.[Cl-].[Cl-]. The molecule has 0 saturated heterocycles. The summed E-state index contributed by atoms with van der Waals surface area (Å²) >= 11 is -0.899. The van der Waals surface area contributed by atoms with Gasteiger partial charge in [0.15, 0.2) is 0 Å². The van der Waals surface area contributed by atoms with Crippen LogP contribution in [0, 0.1) is 6.92 Å². The van der Waals surface area contributed by atoms with Crippen LogP contribution >= 0.6 is 0 Å². The molecule has 0 aromatic heterocycles. The van der Waals surface area contributed by atoms with Crippen molar-refractivity contribution in [1.29, 1.82) is 0 Å². The van der Waals surface area contributed by atoms with Gasteiger partial charge < -0.3 is 24.8 Å². The maximum absolute atomic E-state index is 6.16. The van der Waals surface area contributed by atoms with E-state index in [1.54, 1.807) is 3.28 Å². The molecule has 1 nitrogen and oxygen atoms in total. The molecule has 0 heterocycles. The molecule has 2 aliphatic carbocycles. The van der Waals surface area contributed by atoms with E-state index >= 15 is 0 Å². The summed E-state index contributed by atoms with van der Waals surface area (Å²) in [5, 5.41) is 0. The van der Waals surface area contributed by atoms with Crippen LogP contribution in [0.15, 0.2) is 48.1 Å². The molecule has 0 saturated carbocycles. The average Bonchev–Trinajstić information content (AvgIpc) is 2.69. The van der Waals surface area contributed by atoms with E-state index in [9.17, 15) is 0 Å². The van der Waals surface area contributed by atoms with E-state index < -0.39 is 32.7 Å². The molecule has 0 aliphatic heterocycles. The van der Waals surface area contributed by atoms with E-state index in [1.165, 1.54) is 22.3 Å². The number of hydrogen-bond donors (Lipinski definition) is 0. The minimum atomic E-state index is -0.904. The van der Waals surface area contributed by atoms with Gasteiger partial charge in [-0.05, 0) is 0 Å². The second-order valence-corrected chi connectivity index (χ2v) is 11.2. The van der Waals surface area contributed by atoms with Gasteiger partial charge in [-0.2, -0.15) is 0 Å². The van der Waals surface area contributed by atoms with Gasteiger partial charge in [-0.3, -0.25) is 0 Å². The van der Waals surface area contributed by atoms with E-state index in [0.717, 1.165) is 0 Å².